The standard InChI is InChI=1S/C22H20N6O4S5/c1-13-25-27-21(35-13)33-11-19(29)23-15-5-3-7-17(9-15)37(31,32)18-8-4-6-16(10-18)24-20(30)12-34-22-28-26-14(2)36-22/h3-10H,11-12H2,1-2H3,(H,23,29)(H,24,30). The van der Waals surface area contributed by atoms with Crippen LogP contribution in [0.2, 0.25) is 0 Å². The molecule has 0 saturated heterocycles. The molecule has 0 aliphatic heterocycles. The molecule has 2 aromatic heterocycles. The topological polar surface area (TPSA) is 144 Å². The van der Waals surface area contributed by atoms with Crippen molar-refractivity contribution in [3.05, 3.63) is 58.5 Å². The van der Waals surface area contributed by atoms with E-state index in [0.717, 1.165) is 10.0 Å². The quantitative estimate of drug-likeness (QED) is 0.256. The maximum Gasteiger partial charge on any atom is 0.234 e. The van der Waals surface area contributed by atoms with Gasteiger partial charge >= 0.3 is 0 Å². The number of anilines is 2. The Hall–Kier alpha value is -2.85. The van der Waals surface area contributed by atoms with Crippen molar-refractivity contribution in [1.82, 2.24) is 20.4 Å². The van der Waals surface area contributed by atoms with Crippen LogP contribution in [-0.2, 0) is 19.4 Å². The number of rotatable bonds is 10. The lowest BCUT2D eigenvalue weighted by molar-refractivity contribution is -0.114. The highest BCUT2D eigenvalue weighted by Crippen LogP contribution is 2.27. The van der Waals surface area contributed by atoms with Gasteiger partial charge in [0.05, 0.1) is 21.3 Å². The van der Waals surface area contributed by atoms with E-state index in [1.54, 1.807) is 24.3 Å². The molecule has 4 rings (SSSR count). The van der Waals surface area contributed by atoms with Crippen LogP contribution >= 0.6 is 46.2 Å². The van der Waals surface area contributed by atoms with Crippen molar-refractivity contribution in [1.29, 1.82) is 0 Å². The zero-order valence-corrected chi connectivity index (χ0v) is 23.6. The second-order valence-electron chi connectivity index (χ2n) is 7.41. The zero-order chi connectivity index (χ0) is 26.4. The second-order valence-corrected chi connectivity index (χ2v) is 14.2. The average Bonchev–Trinajstić information content (AvgIpc) is 3.49. The summed E-state index contributed by atoms with van der Waals surface area (Å²) in [5, 5.41) is 22.8. The van der Waals surface area contributed by atoms with Crippen LogP contribution in [0.4, 0.5) is 11.4 Å². The molecule has 0 spiro atoms. The minimum Gasteiger partial charge on any atom is -0.325 e. The molecule has 0 unspecified atom stereocenters. The molecule has 10 nitrogen and oxygen atoms in total. The number of nitrogens with one attached hydrogen (secondary N) is 2. The fourth-order valence-electron chi connectivity index (χ4n) is 2.94. The van der Waals surface area contributed by atoms with Gasteiger partial charge in [-0.25, -0.2) is 8.42 Å². The van der Waals surface area contributed by atoms with E-state index >= 15 is 0 Å². The fraction of sp³-hybridized carbons (Fsp3) is 0.182. The molecule has 0 atom stereocenters. The van der Waals surface area contributed by atoms with Crippen molar-refractivity contribution in [2.24, 2.45) is 0 Å². The summed E-state index contributed by atoms with van der Waals surface area (Å²) in [6, 6.07) is 12.1. The molecule has 37 heavy (non-hydrogen) atoms. The van der Waals surface area contributed by atoms with Crippen molar-refractivity contribution in [2.45, 2.75) is 32.3 Å². The first-order valence-electron chi connectivity index (χ1n) is 10.6. The van der Waals surface area contributed by atoms with E-state index in [9.17, 15) is 18.0 Å². The smallest absolute Gasteiger partial charge is 0.234 e. The minimum absolute atomic E-state index is 0.0170. The van der Waals surface area contributed by atoms with E-state index in [1.807, 2.05) is 13.8 Å². The van der Waals surface area contributed by atoms with Gasteiger partial charge in [0.25, 0.3) is 0 Å². The Morgan fingerprint density at radius 2 is 1.19 bits per heavy atom. The number of carbonyl (C=O) groups is 2. The van der Waals surface area contributed by atoms with Crippen LogP contribution in [0.5, 0.6) is 0 Å². The number of aromatic nitrogens is 4. The van der Waals surface area contributed by atoms with Gasteiger partial charge in [0.15, 0.2) is 8.68 Å². The SMILES string of the molecule is Cc1nnc(SCC(=O)Nc2cccc(S(=O)(=O)c3cccc(NC(=O)CSc4nnc(C)s4)c3)c2)s1. The number of hydrogen-bond donors (Lipinski definition) is 2. The Kier molecular flexibility index (Phi) is 8.91. The average molecular weight is 593 g/mol. The first-order valence-corrected chi connectivity index (χ1v) is 15.7. The van der Waals surface area contributed by atoms with Gasteiger partial charge in [0, 0.05) is 11.4 Å². The summed E-state index contributed by atoms with van der Waals surface area (Å²) in [5.41, 5.74) is 0.710. The number of amides is 2. The van der Waals surface area contributed by atoms with Gasteiger partial charge in [-0.15, -0.1) is 20.4 Å². The van der Waals surface area contributed by atoms with Crippen LogP contribution in [-0.4, -0.2) is 52.1 Å². The first kappa shape index (κ1) is 27.2. The molecule has 2 amide bonds. The van der Waals surface area contributed by atoms with E-state index in [1.165, 1.54) is 70.5 Å². The Labute approximate surface area is 229 Å². The van der Waals surface area contributed by atoms with Gasteiger partial charge in [-0.05, 0) is 50.2 Å². The van der Waals surface area contributed by atoms with Gasteiger partial charge in [-0.1, -0.05) is 58.3 Å². The molecule has 0 bridgehead atoms. The summed E-state index contributed by atoms with van der Waals surface area (Å²) in [5.74, 6) is -0.355. The molecule has 0 aliphatic carbocycles. The molecule has 0 saturated carbocycles. The number of carbonyl (C=O) groups excluding carboxylic acids is 2. The van der Waals surface area contributed by atoms with Gasteiger partial charge < -0.3 is 10.6 Å². The summed E-state index contributed by atoms with van der Waals surface area (Å²) >= 11 is 5.31. The Bertz CT molecular complexity index is 1430. The number of aryl methyl sites for hydroxylation is 2. The van der Waals surface area contributed by atoms with Gasteiger partial charge in [0.2, 0.25) is 21.7 Å². The lowest BCUT2D eigenvalue weighted by atomic mass is 10.3. The van der Waals surface area contributed by atoms with Crippen LogP contribution < -0.4 is 10.6 Å². The second kappa shape index (κ2) is 12.1. The molecule has 15 heteroatoms. The fourth-order valence-corrected chi connectivity index (χ4v) is 7.52. The summed E-state index contributed by atoms with van der Waals surface area (Å²) < 4.78 is 27.9. The number of benzene rings is 2. The van der Waals surface area contributed by atoms with E-state index in [0.29, 0.717) is 20.1 Å². The molecule has 0 radical (unpaired) electrons. The van der Waals surface area contributed by atoms with Crippen LogP contribution in [0, 0.1) is 13.8 Å². The summed E-state index contributed by atoms with van der Waals surface area (Å²) in [7, 11) is -3.91. The highest BCUT2D eigenvalue weighted by molar-refractivity contribution is 8.01. The molecule has 192 valence electrons. The van der Waals surface area contributed by atoms with Crippen molar-refractivity contribution in [2.75, 3.05) is 22.1 Å². The van der Waals surface area contributed by atoms with Crippen molar-refractivity contribution >= 4 is 79.2 Å². The van der Waals surface area contributed by atoms with Crippen LogP contribution in [0.1, 0.15) is 10.0 Å². The number of thioether (sulfide) groups is 2. The summed E-state index contributed by atoms with van der Waals surface area (Å²) in [6.07, 6.45) is 0. The van der Waals surface area contributed by atoms with E-state index in [2.05, 4.69) is 31.0 Å². The maximum atomic E-state index is 13.3. The zero-order valence-electron chi connectivity index (χ0n) is 19.5. The largest absolute Gasteiger partial charge is 0.325 e. The van der Waals surface area contributed by atoms with Crippen LogP contribution in [0.3, 0.4) is 0 Å². The third-order valence-corrected chi connectivity index (χ3v) is 10.2. The van der Waals surface area contributed by atoms with Crippen LogP contribution in [0.15, 0.2) is 67.0 Å². The maximum absolute atomic E-state index is 13.3. The summed E-state index contributed by atoms with van der Waals surface area (Å²) in [6.45, 7) is 3.67. The summed E-state index contributed by atoms with van der Waals surface area (Å²) in [4.78, 5) is 24.7. The van der Waals surface area contributed by atoms with Gasteiger partial charge in [-0.3, -0.25) is 9.59 Å². The van der Waals surface area contributed by atoms with Crippen LogP contribution in [0.25, 0.3) is 0 Å². The number of nitrogens with zero attached hydrogens (tertiary/aromatic N) is 4. The highest BCUT2D eigenvalue weighted by Gasteiger charge is 2.19. The Morgan fingerprint density at radius 3 is 1.57 bits per heavy atom. The molecule has 2 heterocycles. The molecule has 0 aliphatic rings. The van der Waals surface area contributed by atoms with Crippen molar-refractivity contribution < 1.29 is 18.0 Å². The lowest BCUT2D eigenvalue weighted by Crippen LogP contribution is -2.15. The van der Waals surface area contributed by atoms with E-state index in [4.69, 9.17) is 0 Å². The minimum atomic E-state index is -3.91. The molecule has 2 N–H and O–H groups in total. The number of sulfone groups is 1. The molecule has 2 aromatic carbocycles. The molecular weight excluding hydrogens is 573 g/mol. The first-order chi connectivity index (χ1) is 17.7. The normalized spacial score (nSPS) is 11.3. The lowest BCUT2D eigenvalue weighted by Gasteiger charge is -2.10. The molecular formula is C22H20N6O4S5. The molecule has 4 aromatic rings. The van der Waals surface area contributed by atoms with Gasteiger partial charge in [0.1, 0.15) is 10.0 Å². The van der Waals surface area contributed by atoms with E-state index < -0.39 is 9.84 Å². The highest BCUT2D eigenvalue weighted by atomic mass is 32.2. The van der Waals surface area contributed by atoms with E-state index in [-0.39, 0.29) is 33.1 Å². The third-order valence-electron chi connectivity index (χ3n) is 4.52. The third kappa shape index (κ3) is 7.58. The predicted molar refractivity (Wildman–Crippen MR) is 146 cm³/mol. The van der Waals surface area contributed by atoms with Gasteiger partial charge in [-0.2, -0.15) is 0 Å². The predicted octanol–water partition coefficient (Wildman–Crippen LogP) is 4.30. The Morgan fingerprint density at radius 1 is 0.757 bits per heavy atom. The van der Waals surface area contributed by atoms with Crippen molar-refractivity contribution in [3.8, 4) is 0 Å². The monoisotopic (exact) mass is 592 g/mol. The molecule has 0 fully saturated rings. The number of hydrogen-bond acceptors (Lipinski definition) is 12. The Balaban J connectivity index is 1.39. The van der Waals surface area contributed by atoms with Crippen molar-refractivity contribution in [3.63, 3.8) is 0 Å².